The van der Waals surface area contributed by atoms with E-state index < -0.39 is 5.41 Å². The SMILES string of the molecule is C1=CC(c2cccc(-n3c4ccccc4c4ccccc43)c2)CC=C1N(c1ccc2c(c1)C(c1ccccc1)(c1ccccc1)c1ccccc1-2)c1ccccc1-c1ccc2oc3cc4ccccc4cc3c2c1. The van der Waals surface area contributed by atoms with Gasteiger partial charge in [0.15, 0.2) is 0 Å². The molecule has 13 aromatic rings. The van der Waals surface area contributed by atoms with E-state index in [1.807, 2.05) is 0 Å². The second-order valence-corrected chi connectivity index (χ2v) is 19.9. The van der Waals surface area contributed by atoms with Gasteiger partial charge in [0.05, 0.1) is 22.1 Å². The minimum Gasteiger partial charge on any atom is -0.456 e. The molecule has 0 bridgehead atoms. The van der Waals surface area contributed by atoms with Crippen LogP contribution in [0.15, 0.2) is 283 Å². The Hall–Kier alpha value is -9.44. The van der Waals surface area contributed by atoms with Crippen molar-refractivity contribution in [2.45, 2.75) is 17.8 Å². The fourth-order valence-electron chi connectivity index (χ4n) is 12.7. The molecule has 1 unspecified atom stereocenters. The van der Waals surface area contributed by atoms with E-state index in [4.69, 9.17) is 4.42 Å². The van der Waals surface area contributed by atoms with Crippen molar-refractivity contribution in [3.8, 4) is 27.9 Å². The van der Waals surface area contributed by atoms with Crippen LogP contribution < -0.4 is 4.90 Å². The average Bonchev–Trinajstić information content (AvgIpc) is 4.12. The topological polar surface area (TPSA) is 21.3 Å². The van der Waals surface area contributed by atoms with Gasteiger partial charge in [-0.2, -0.15) is 0 Å². The van der Waals surface area contributed by atoms with Crippen molar-refractivity contribution in [1.82, 2.24) is 4.57 Å². The number of benzene rings is 11. The highest BCUT2D eigenvalue weighted by Crippen LogP contribution is 2.57. The quantitative estimate of drug-likeness (QED) is 0.151. The largest absolute Gasteiger partial charge is 0.456 e. The van der Waals surface area contributed by atoms with E-state index in [2.05, 4.69) is 282 Å². The van der Waals surface area contributed by atoms with E-state index in [-0.39, 0.29) is 5.92 Å². The number of hydrogen-bond acceptors (Lipinski definition) is 2. The zero-order valence-electron chi connectivity index (χ0n) is 40.6. The molecule has 15 rings (SSSR count). The summed E-state index contributed by atoms with van der Waals surface area (Å²) in [5.41, 5.74) is 19.3. The van der Waals surface area contributed by atoms with E-state index in [1.54, 1.807) is 0 Å². The Morgan fingerprint density at radius 3 is 1.82 bits per heavy atom. The Balaban J connectivity index is 0.897. The number of hydrogen-bond donors (Lipinski definition) is 0. The molecule has 0 saturated heterocycles. The van der Waals surface area contributed by atoms with Gasteiger partial charge in [-0.15, -0.1) is 0 Å². The van der Waals surface area contributed by atoms with Crippen LogP contribution in [0.25, 0.3) is 82.5 Å². The number of allylic oxidation sites excluding steroid dienone is 3. The first-order valence-corrected chi connectivity index (χ1v) is 25.8. The first-order chi connectivity index (χ1) is 36.7. The van der Waals surface area contributed by atoms with Crippen LogP contribution in [0.2, 0.25) is 0 Å². The average molecular weight is 945 g/mol. The third-order valence-electron chi connectivity index (χ3n) is 16.0. The van der Waals surface area contributed by atoms with Crippen LogP contribution in [0.5, 0.6) is 0 Å². The van der Waals surface area contributed by atoms with Gasteiger partial charge >= 0.3 is 0 Å². The van der Waals surface area contributed by atoms with E-state index in [0.29, 0.717) is 0 Å². The standard InChI is InChI=1S/C71H48N2O/c1-3-21-52(22-4-1)71(53-23-5-2-6-24-53)64-30-13-9-27-58(64)59-40-39-56(46-65(59)71)72(66-31-14-10-26-57(66)51-36-41-69-62(44-51)63-43-49-18-7-8-19-50(49)45-70(63)74-69)54-37-34-47(35-38-54)48-20-17-25-55(42-48)73-67-32-15-11-28-60(67)61-29-12-16-33-68(61)73/h1-34,36-47H,35H2. The van der Waals surface area contributed by atoms with Gasteiger partial charge in [-0.25, -0.2) is 0 Å². The molecule has 0 N–H and O–H groups in total. The monoisotopic (exact) mass is 944 g/mol. The second-order valence-electron chi connectivity index (χ2n) is 19.9. The summed E-state index contributed by atoms with van der Waals surface area (Å²) in [6, 6.07) is 93.7. The molecule has 3 heteroatoms. The van der Waals surface area contributed by atoms with Crippen LogP contribution >= 0.6 is 0 Å². The van der Waals surface area contributed by atoms with Gasteiger partial charge in [-0.3, -0.25) is 0 Å². The van der Waals surface area contributed by atoms with E-state index >= 15 is 0 Å². The fourth-order valence-corrected chi connectivity index (χ4v) is 12.7. The highest BCUT2D eigenvalue weighted by Gasteiger charge is 2.46. The molecule has 0 fully saturated rings. The van der Waals surface area contributed by atoms with Crippen LogP contribution in [-0.2, 0) is 5.41 Å². The number of furan rings is 1. The summed E-state index contributed by atoms with van der Waals surface area (Å²) in [4.78, 5) is 2.51. The number of nitrogens with zero attached hydrogens (tertiary/aromatic N) is 2. The van der Waals surface area contributed by atoms with Crippen LogP contribution in [-0.4, -0.2) is 4.57 Å². The Bertz CT molecular complexity index is 4330. The number of anilines is 2. The highest BCUT2D eigenvalue weighted by molar-refractivity contribution is 6.12. The fraction of sp³-hybridized carbons (Fsp3) is 0.0423. The molecule has 0 radical (unpaired) electrons. The van der Waals surface area contributed by atoms with Crippen molar-refractivity contribution in [3.63, 3.8) is 0 Å². The number of rotatable bonds is 8. The van der Waals surface area contributed by atoms with Crippen LogP contribution in [0, 0.1) is 0 Å². The van der Waals surface area contributed by atoms with Gasteiger partial charge in [0.25, 0.3) is 0 Å². The van der Waals surface area contributed by atoms with E-state index in [9.17, 15) is 0 Å². The maximum absolute atomic E-state index is 6.54. The van der Waals surface area contributed by atoms with Gasteiger partial charge in [-0.05, 0) is 135 Å². The van der Waals surface area contributed by atoms with Crippen molar-refractivity contribution in [2.24, 2.45) is 0 Å². The molecule has 0 aliphatic heterocycles. The lowest BCUT2D eigenvalue weighted by Gasteiger charge is -2.35. The zero-order valence-corrected chi connectivity index (χ0v) is 40.6. The first kappa shape index (κ1) is 42.3. The second kappa shape index (κ2) is 16.8. The number of para-hydroxylation sites is 3. The Labute approximate surface area is 429 Å². The van der Waals surface area contributed by atoms with E-state index in [0.717, 1.165) is 56.6 Å². The third-order valence-corrected chi connectivity index (χ3v) is 16.0. The molecule has 2 aromatic heterocycles. The van der Waals surface area contributed by atoms with Gasteiger partial charge in [-0.1, -0.05) is 200 Å². The smallest absolute Gasteiger partial charge is 0.136 e. The predicted octanol–water partition coefficient (Wildman–Crippen LogP) is 18.6. The summed E-state index contributed by atoms with van der Waals surface area (Å²) in [5, 5.41) is 7.15. The lowest BCUT2D eigenvalue weighted by atomic mass is 9.67. The van der Waals surface area contributed by atoms with Crippen molar-refractivity contribution < 1.29 is 4.42 Å². The predicted molar refractivity (Wildman–Crippen MR) is 308 cm³/mol. The molecule has 2 heterocycles. The first-order valence-electron chi connectivity index (χ1n) is 25.8. The molecule has 2 aliphatic rings. The van der Waals surface area contributed by atoms with Crippen LogP contribution in [0.4, 0.5) is 11.4 Å². The minimum atomic E-state index is -0.545. The molecule has 0 spiro atoms. The maximum atomic E-state index is 6.54. The molecular formula is C71H48N2O. The molecule has 348 valence electrons. The lowest BCUT2D eigenvalue weighted by molar-refractivity contribution is 0.669. The van der Waals surface area contributed by atoms with Crippen molar-refractivity contribution >= 4 is 65.9 Å². The summed E-state index contributed by atoms with van der Waals surface area (Å²) in [6.07, 6.45) is 8.08. The summed E-state index contributed by atoms with van der Waals surface area (Å²) in [5.74, 6) is 0.190. The molecule has 1 atom stereocenters. The maximum Gasteiger partial charge on any atom is 0.136 e. The van der Waals surface area contributed by atoms with Crippen molar-refractivity contribution in [3.05, 3.63) is 307 Å². The van der Waals surface area contributed by atoms with Crippen LogP contribution in [0.1, 0.15) is 40.2 Å². The number of aromatic nitrogens is 1. The van der Waals surface area contributed by atoms with Crippen molar-refractivity contribution in [2.75, 3.05) is 4.90 Å². The molecule has 11 aromatic carbocycles. The van der Waals surface area contributed by atoms with Crippen molar-refractivity contribution in [1.29, 1.82) is 0 Å². The molecular weight excluding hydrogens is 897 g/mol. The molecule has 2 aliphatic carbocycles. The van der Waals surface area contributed by atoms with Crippen LogP contribution in [0.3, 0.4) is 0 Å². The highest BCUT2D eigenvalue weighted by atomic mass is 16.3. The van der Waals surface area contributed by atoms with E-state index in [1.165, 1.54) is 77.2 Å². The summed E-state index contributed by atoms with van der Waals surface area (Å²) in [6.45, 7) is 0. The van der Waals surface area contributed by atoms with Gasteiger partial charge in [0.1, 0.15) is 11.2 Å². The number of fused-ring (bicyclic) bond motifs is 10. The normalized spacial score (nSPS) is 14.7. The molecule has 0 amide bonds. The lowest BCUT2D eigenvalue weighted by Crippen LogP contribution is -2.29. The Morgan fingerprint density at radius 1 is 0.446 bits per heavy atom. The Morgan fingerprint density at radius 2 is 1.08 bits per heavy atom. The summed E-state index contributed by atoms with van der Waals surface area (Å²) in [7, 11) is 0. The minimum absolute atomic E-state index is 0.190. The van der Waals surface area contributed by atoms with Gasteiger partial charge < -0.3 is 13.9 Å². The summed E-state index contributed by atoms with van der Waals surface area (Å²) >= 11 is 0. The molecule has 0 saturated carbocycles. The summed E-state index contributed by atoms with van der Waals surface area (Å²) < 4.78 is 8.96. The third kappa shape index (κ3) is 6.46. The zero-order chi connectivity index (χ0) is 48.7. The Kier molecular flexibility index (Phi) is 9.61. The molecule has 74 heavy (non-hydrogen) atoms. The van der Waals surface area contributed by atoms with Gasteiger partial charge in [0, 0.05) is 50.1 Å². The molecule has 3 nitrogen and oxygen atoms in total. The van der Waals surface area contributed by atoms with Gasteiger partial charge in [0.2, 0.25) is 0 Å².